The lowest BCUT2D eigenvalue weighted by molar-refractivity contribution is 0.216. The van der Waals surface area contributed by atoms with Crippen LogP contribution in [0.25, 0.3) is 0 Å². The van der Waals surface area contributed by atoms with E-state index in [1.165, 1.54) is 0 Å². The molecule has 0 saturated carbocycles. The number of rotatable bonds is 6. The van der Waals surface area contributed by atoms with Crippen molar-refractivity contribution < 1.29 is 14.6 Å². The summed E-state index contributed by atoms with van der Waals surface area (Å²) in [5, 5.41) is 8.62. The standard InChI is InChI=1S/C11H18N2O3/c1-8(2)16-11-9(12)4-5-10(13-11)15-7-3-6-14/h4-5,8,14H,3,6-7,12H2,1-2H3. The first kappa shape index (κ1) is 12.6. The molecule has 0 unspecified atom stereocenters. The van der Waals surface area contributed by atoms with Gasteiger partial charge in [-0.15, -0.1) is 0 Å². The number of nitrogens with two attached hydrogens (primary N) is 1. The number of anilines is 1. The molecule has 0 aliphatic heterocycles. The summed E-state index contributed by atoms with van der Waals surface area (Å²) in [5.41, 5.74) is 6.20. The zero-order valence-corrected chi connectivity index (χ0v) is 9.64. The van der Waals surface area contributed by atoms with Crippen LogP contribution in [0.5, 0.6) is 11.8 Å². The normalized spacial score (nSPS) is 10.5. The summed E-state index contributed by atoms with van der Waals surface area (Å²) in [6, 6.07) is 3.37. The van der Waals surface area contributed by atoms with Gasteiger partial charge in [-0.3, -0.25) is 0 Å². The first-order chi connectivity index (χ1) is 7.63. The molecule has 16 heavy (non-hydrogen) atoms. The van der Waals surface area contributed by atoms with Crippen LogP contribution in [0.15, 0.2) is 12.1 Å². The summed E-state index contributed by atoms with van der Waals surface area (Å²) >= 11 is 0. The molecule has 0 saturated heterocycles. The number of aliphatic hydroxyl groups excluding tert-OH is 1. The van der Waals surface area contributed by atoms with Crippen LogP contribution in [0.3, 0.4) is 0 Å². The highest BCUT2D eigenvalue weighted by atomic mass is 16.5. The predicted octanol–water partition coefficient (Wildman–Crippen LogP) is 1.21. The first-order valence-electron chi connectivity index (χ1n) is 5.30. The summed E-state index contributed by atoms with van der Waals surface area (Å²) in [6.45, 7) is 4.33. The van der Waals surface area contributed by atoms with Gasteiger partial charge >= 0.3 is 0 Å². The Kier molecular flexibility index (Phi) is 4.85. The van der Waals surface area contributed by atoms with Crippen molar-refractivity contribution in [2.75, 3.05) is 18.9 Å². The molecule has 1 heterocycles. The molecule has 0 amide bonds. The lowest BCUT2D eigenvalue weighted by Gasteiger charge is -2.12. The second-order valence-corrected chi connectivity index (χ2v) is 3.64. The molecule has 90 valence electrons. The lowest BCUT2D eigenvalue weighted by Crippen LogP contribution is -2.10. The van der Waals surface area contributed by atoms with E-state index in [4.69, 9.17) is 20.3 Å². The zero-order chi connectivity index (χ0) is 12.0. The third-order valence-electron chi connectivity index (χ3n) is 1.76. The maximum absolute atomic E-state index is 8.62. The van der Waals surface area contributed by atoms with Crippen LogP contribution >= 0.6 is 0 Å². The topological polar surface area (TPSA) is 77.6 Å². The minimum Gasteiger partial charge on any atom is -0.477 e. The first-order valence-corrected chi connectivity index (χ1v) is 5.30. The van der Waals surface area contributed by atoms with Gasteiger partial charge in [-0.05, 0) is 19.9 Å². The van der Waals surface area contributed by atoms with E-state index in [0.717, 1.165) is 0 Å². The fraction of sp³-hybridized carbons (Fsp3) is 0.545. The molecule has 1 aromatic heterocycles. The Hall–Kier alpha value is -1.49. The maximum atomic E-state index is 8.62. The van der Waals surface area contributed by atoms with E-state index in [0.29, 0.717) is 30.5 Å². The lowest BCUT2D eigenvalue weighted by atomic mass is 10.4. The van der Waals surface area contributed by atoms with Gasteiger partial charge in [-0.25, -0.2) is 0 Å². The molecule has 1 aromatic rings. The van der Waals surface area contributed by atoms with Crippen LogP contribution in [0.4, 0.5) is 5.69 Å². The summed E-state index contributed by atoms with van der Waals surface area (Å²) < 4.78 is 10.7. The Morgan fingerprint density at radius 3 is 2.81 bits per heavy atom. The number of ether oxygens (including phenoxy) is 2. The summed E-state index contributed by atoms with van der Waals surface area (Å²) in [7, 11) is 0. The van der Waals surface area contributed by atoms with E-state index in [1.807, 2.05) is 13.8 Å². The highest BCUT2D eigenvalue weighted by Gasteiger charge is 2.06. The van der Waals surface area contributed by atoms with Crippen LogP contribution in [0, 0.1) is 0 Å². The third-order valence-corrected chi connectivity index (χ3v) is 1.76. The molecule has 0 aromatic carbocycles. The van der Waals surface area contributed by atoms with Crippen molar-refractivity contribution in [2.45, 2.75) is 26.4 Å². The van der Waals surface area contributed by atoms with E-state index in [2.05, 4.69) is 4.98 Å². The number of nitrogen functional groups attached to an aromatic ring is 1. The molecule has 0 atom stereocenters. The minimum absolute atomic E-state index is 0.0162. The summed E-state index contributed by atoms with van der Waals surface area (Å²) in [5.74, 6) is 0.842. The van der Waals surface area contributed by atoms with E-state index < -0.39 is 0 Å². The van der Waals surface area contributed by atoms with Gasteiger partial charge in [0.2, 0.25) is 11.8 Å². The second-order valence-electron chi connectivity index (χ2n) is 3.64. The van der Waals surface area contributed by atoms with Gasteiger partial charge in [0.05, 0.1) is 18.4 Å². The number of aliphatic hydroxyl groups is 1. The quantitative estimate of drug-likeness (QED) is 0.713. The molecule has 1 rings (SSSR count). The smallest absolute Gasteiger partial charge is 0.240 e. The highest BCUT2D eigenvalue weighted by molar-refractivity contribution is 5.49. The van der Waals surface area contributed by atoms with Crippen molar-refractivity contribution in [1.29, 1.82) is 0 Å². The monoisotopic (exact) mass is 226 g/mol. The molecule has 5 nitrogen and oxygen atoms in total. The van der Waals surface area contributed by atoms with Crippen LogP contribution in [-0.2, 0) is 0 Å². The van der Waals surface area contributed by atoms with Crippen LogP contribution in [-0.4, -0.2) is 29.4 Å². The van der Waals surface area contributed by atoms with Crippen LogP contribution in [0.1, 0.15) is 20.3 Å². The molecule has 0 bridgehead atoms. The molecule has 0 radical (unpaired) electrons. The second kappa shape index (κ2) is 6.17. The molecule has 5 heteroatoms. The van der Waals surface area contributed by atoms with E-state index in [1.54, 1.807) is 12.1 Å². The van der Waals surface area contributed by atoms with Gasteiger partial charge in [0.25, 0.3) is 0 Å². The molecular formula is C11H18N2O3. The Balaban J connectivity index is 2.65. The van der Waals surface area contributed by atoms with Crippen molar-refractivity contribution in [1.82, 2.24) is 4.98 Å². The van der Waals surface area contributed by atoms with E-state index >= 15 is 0 Å². The Labute approximate surface area is 95.2 Å². The molecule has 0 aliphatic rings. The Bertz CT molecular complexity index is 329. The van der Waals surface area contributed by atoms with Crippen molar-refractivity contribution in [3.05, 3.63) is 12.1 Å². The number of hydrogen-bond acceptors (Lipinski definition) is 5. The number of hydrogen-bond donors (Lipinski definition) is 2. The molecule has 0 aliphatic carbocycles. The van der Waals surface area contributed by atoms with Gasteiger partial charge in [0.15, 0.2) is 0 Å². The maximum Gasteiger partial charge on any atom is 0.240 e. The average Bonchev–Trinajstić information content (AvgIpc) is 2.22. The van der Waals surface area contributed by atoms with Gasteiger partial charge in [-0.2, -0.15) is 4.98 Å². The fourth-order valence-electron chi connectivity index (χ4n) is 1.07. The number of aromatic nitrogens is 1. The largest absolute Gasteiger partial charge is 0.477 e. The molecule has 0 fully saturated rings. The fourth-order valence-corrected chi connectivity index (χ4v) is 1.07. The SMILES string of the molecule is CC(C)Oc1nc(OCCCO)ccc1N. The van der Waals surface area contributed by atoms with Gasteiger partial charge in [-0.1, -0.05) is 0 Å². The van der Waals surface area contributed by atoms with Gasteiger partial charge < -0.3 is 20.3 Å². The summed E-state index contributed by atoms with van der Waals surface area (Å²) in [4.78, 5) is 4.13. The van der Waals surface area contributed by atoms with Crippen molar-refractivity contribution >= 4 is 5.69 Å². The molecule has 3 N–H and O–H groups in total. The zero-order valence-electron chi connectivity index (χ0n) is 9.64. The molecule has 0 spiro atoms. The third kappa shape index (κ3) is 3.94. The van der Waals surface area contributed by atoms with E-state index in [9.17, 15) is 0 Å². The van der Waals surface area contributed by atoms with Crippen molar-refractivity contribution in [2.24, 2.45) is 0 Å². The number of pyridine rings is 1. The predicted molar refractivity (Wildman–Crippen MR) is 61.6 cm³/mol. The minimum atomic E-state index is 0.0162. The highest BCUT2D eigenvalue weighted by Crippen LogP contribution is 2.23. The summed E-state index contributed by atoms with van der Waals surface area (Å²) in [6.07, 6.45) is 0.592. The van der Waals surface area contributed by atoms with Gasteiger partial charge in [0.1, 0.15) is 0 Å². The van der Waals surface area contributed by atoms with Crippen molar-refractivity contribution in [3.63, 3.8) is 0 Å². The van der Waals surface area contributed by atoms with Crippen molar-refractivity contribution in [3.8, 4) is 11.8 Å². The van der Waals surface area contributed by atoms with Crippen LogP contribution < -0.4 is 15.2 Å². The van der Waals surface area contributed by atoms with E-state index in [-0.39, 0.29) is 12.7 Å². The van der Waals surface area contributed by atoms with Crippen LogP contribution in [0.2, 0.25) is 0 Å². The average molecular weight is 226 g/mol. The number of nitrogens with zero attached hydrogens (tertiary/aromatic N) is 1. The Morgan fingerprint density at radius 2 is 2.19 bits per heavy atom. The molecular weight excluding hydrogens is 208 g/mol. The Morgan fingerprint density at radius 1 is 1.44 bits per heavy atom. The van der Waals surface area contributed by atoms with Gasteiger partial charge in [0, 0.05) is 19.1 Å².